The van der Waals surface area contributed by atoms with Crippen molar-refractivity contribution in [2.24, 2.45) is 0 Å². The van der Waals surface area contributed by atoms with E-state index in [2.05, 4.69) is 26.6 Å². The molecule has 0 aliphatic carbocycles. The van der Waals surface area contributed by atoms with E-state index in [4.69, 9.17) is 0 Å². The number of anilines is 1. The van der Waals surface area contributed by atoms with Crippen LogP contribution in [-0.4, -0.2) is 29.6 Å². The van der Waals surface area contributed by atoms with Crippen LogP contribution in [0.15, 0.2) is 18.2 Å². The van der Waals surface area contributed by atoms with Crippen molar-refractivity contribution in [3.8, 4) is 0 Å². The van der Waals surface area contributed by atoms with Crippen molar-refractivity contribution in [3.05, 3.63) is 29.7 Å². The van der Waals surface area contributed by atoms with Crippen LogP contribution in [0.4, 0.5) is 5.82 Å². The van der Waals surface area contributed by atoms with Crippen LogP contribution < -0.4 is 5.32 Å². The van der Waals surface area contributed by atoms with Crippen LogP contribution in [0.1, 0.15) is 23.2 Å². The minimum absolute atomic E-state index is 0.0618. The summed E-state index contributed by atoms with van der Waals surface area (Å²) in [7, 11) is 1.30. The van der Waals surface area contributed by atoms with Crippen molar-refractivity contribution in [2.45, 2.75) is 13.8 Å². The van der Waals surface area contributed by atoms with Gasteiger partial charge in [0.25, 0.3) is 0 Å². The zero-order valence-electron chi connectivity index (χ0n) is 9.70. The molecule has 0 bridgehead atoms. The second-order valence-corrected chi connectivity index (χ2v) is 3.52. The number of hydrogen-bond acceptors (Lipinski definition) is 5. The number of carbonyl (C=O) groups excluding carboxylic acids is 1. The van der Waals surface area contributed by atoms with Gasteiger partial charge in [0, 0.05) is 18.3 Å². The van der Waals surface area contributed by atoms with Gasteiger partial charge in [-0.05, 0) is 13.8 Å². The predicted molar refractivity (Wildman–Crippen MR) is 61.4 cm³/mol. The molecule has 1 aromatic heterocycles. The van der Waals surface area contributed by atoms with Crippen molar-refractivity contribution in [1.29, 1.82) is 0 Å². The Labute approximate surface area is 94.6 Å². The highest BCUT2D eigenvalue weighted by atomic mass is 16.5. The lowest BCUT2D eigenvalue weighted by atomic mass is 10.3. The van der Waals surface area contributed by atoms with Crippen LogP contribution in [-0.2, 0) is 4.74 Å². The molecule has 0 fully saturated rings. The molecule has 0 aliphatic heterocycles. The molecule has 0 unspecified atom stereocenters. The highest BCUT2D eigenvalue weighted by Gasteiger charge is 2.10. The number of aromatic nitrogens is 2. The second-order valence-electron chi connectivity index (χ2n) is 3.52. The van der Waals surface area contributed by atoms with Gasteiger partial charge in [-0.1, -0.05) is 12.2 Å². The maximum absolute atomic E-state index is 11.3. The maximum Gasteiger partial charge on any atom is 0.376 e. The van der Waals surface area contributed by atoms with Gasteiger partial charge in [0.1, 0.15) is 5.82 Å². The summed E-state index contributed by atoms with van der Waals surface area (Å²) in [5.41, 5.74) is 1.69. The highest BCUT2D eigenvalue weighted by Crippen LogP contribution is 2.07. The van der Waals surface area contributed by atoms with E-state index >= 15 is 0 Å². The summed E-state index contributed by atoms with van der Waals surface area (Å²) in [6.45, 7) is 8.07. The fourth-order valence-corrected chi connectivity index (χ4v) is 1.08. The SMILES string of the molecule is C=C(C)CNc1cc(C)nc(C(=O)OC)n1. The summed E-state index contributed by atoms with van der Waals surface area (Å²) in [6.07, 6.45) is 0. The Balaban J connectivity index is 2.89. The number of aryl methyl sites for hydroxylation is 1. The molecule has 0 radical (unpaired) electrons. The van der Waals surface area contributed by atoms with E-state index < -0.39 is 5.97 Å². The third kappa shape index (κ3) is 3.34. The van der Waals surface area contributed by atoms with Gasteiger partial charge in [-0.25, -0.2) is 14.8 Å². The predicted octanol–water partition coefficient (Wildman–Crippen LogP) is 1.56. The van der Waals surface area contributed by atoms with Gasteiger partial charge in [-0.2, -0.15) is 0 Å². The molecule has 1 N–H and O–H groups in total. The molecule has 0 amide bonds. The fraction of sp³-hybridized carbons (Fsp3) is 0.364. The van der Waals surface area contributed by atoms with Crippen molar-refractivity contribution in [2.75, 3.05) is 19.0 Å². The Hall–Kier alpha value is -1.91. The summed E-state index contributed by atoms with van der Waals surface area (Å²) < 4.78 is 4.56. The van der Waals surface area contributed by atoms with Crippen molar-refractivity contribution in [1.82, 2.24) is 9.97 Å². The average molecular weight is 221 g/mol. The van der Waals surface area contributed by atoms with E-state index in [0.29, 0.717) is 18.1 Å². The Morgan fingerprint density at radius 2 is 2.25 bits per heavy atom. The third-order valence-electron chi connectivity index (χ3n) is 1.79. The first-order valence-corrected chi connectivity index (χ1v) is 4.85. The first-order valence-electron chi connectivity index (χ1n) is 4.85. The lowest BCUT2D eigenvalue weighted by Crippen LogP contribution is -2.12. The molecule has 16 heavy (non-hydrogen) atoms. The minimum Gasteiger partial charge on any atom is -0.463 e. The van der Waals surface area contributed by atoms with Crippen LogP contribution in [0.25, 0.3) is 0 Å². The van der Waals surface area contributed by atoms with Gasteiger partial charge < -0.3 is 10.1 Å². The summed E-state index contributed by atoms with van der Waals surface area (Å²) in [4.78, 5) is 19.3. The molecule has 1 heterocycles. The zero-order chi connectivity index (χ0) is 12.1. The number of nitrogens with one attached hydrogen (secondary N) is 1. The first kappa shape index (κ1) is 12.2. The van der Waals surface area contributed by atoms with Crippen LogP contribution in [0.2, 0.25) is 0 Å². The smallest absolute Gasteiger partial charge is 0.376 e. The van der Waals surface area contributed by atoms with Crippen molar-refractivity contribution >= 4 is 11.8 Å². The van der Waals surface area contributed by atoms with Gasteiger partial charge >= 0.3 is 5.97 Å². The summed E-state index contributed by atoms with van der Waals surface area (Å²) in [5.74, 6) is 0.115. The van der Waals surface area contributed by atoms with Gasteiger partial charge in [0.2, 0.25) is 5.82 Å². The Morgan fingerprint density at radius 3 is 2.81 bits per heavy atom. The largest absolute Gasteiger partial charge is 0.463 e. The molecule has 1 rings (SSSR count). The maximum atomic E-state index is 11.3. The molecule has 0 aliphatic rings. The number of ether oxygens (including phenoxy) is 1. The zero-order valence-corrected chi connectivity index (χ0v) is 9.70. The van der Waals surface area contributed by atoms with Crippen LogP contribution >= 0.6 is 0 Å². The quantitative estimate of drug-likeness (QED) is 0.617. The summed E-state index contributed by atoms with van der Waals surface area (Å²) in [5, 5.41) is 3.05. The topological polar surface area (TPSA) is 64.1 Å². The lowest BCUT2D eigenvalue weighted by molar-refractivity contribution is 0.0586. The summed E-state index contributed by atoms with van der Waals surface area (Å²) >= 11 is 0. The van der Waals surface area contributed by atoms with Crippen molar-refractivity contribution in [3.63, 3.8) is 0 Å². The normalized spacial score (nSPS) is 9.69. The fourth-order valence-electron chi connectivity index (χ4n) is 1.08. The van der Waals surface area contributed by atoms with Gasteiger partial charge in [0.05, 0.1) is 7.11 Å². The van der Waals surface area contributed by atoms with Gasteiger partial charge in [0.15, 0.2) is 0 Å². The third-order valence-corrected chi connectivity index (χ3v) is 1.79. The number of esters is 1. The van der Waals surface area contributed by atoms with E-state index in [1.165, 1.54) is 7.11 Å². The lowest BCUT2D eigenvalue weighted by Gasteiger charge is -2.07. The van der Waals surface area contributed by atoms with Crippen LogP contribution in [0.5, 0.6) is 0 Å². The molecule has 5 nitrogen and oxygen atoms in total. The molecule has 0 aromatic carbocycles. The number of hydrogen-bond donors (Lipinski definition) is 1. The number of nitrogens with zero attached hydrogens (tertiary/aromatic N) is 2. The summed E-state index contributed by atoms with van der Waals surface area (Å²) in [6, 6.07) is 1.76. The molecular weight excluding hydrogens is 206 g/mol. The molecule has 0 saturated heterocycles. The minimum atomic E-state index is -0.540. The average Bonchev–Trinajstić information content (AvgIpc) is 2.24. The first-order chi connectivity index (χ1) is 7.52. The van der Waals surface area contributed by atoms with E-state index in [0.717, 1.165) is 5.57 Å². The monoisotopic (exact) mass is 221 g/mol. The van der Waals surface area contributed by atoms with Crippen LogP contribution in [0, 0.1) is 6.92 Å². The second kappa shape index (κ2) is 5.25. The molecule has 86 valence electrons. The van der Waals surface area contributed by atoms with Crippen molar-refractivity contribution < 1.29 is 9.53 Å². The van der Waals surface area contributed by atoms with E-state index in [-0.39, 0.29) is 5.82 Å². The molecule has 5 heteroatoms. The number of rotatable bonds is 4. The number of carbonyl (C=O) groups is 1. The standard InChI is InChI=1S/C11H15N3O2/c1-7(2)6-12-9-5-8(3)13-10(14-9)11(15)16-4/h5H,1,6H2,2-4H3,(H,12,13,14). The molecular formula is C11H15N3O2. The van der Waals surface area contributed by atoms with E-state index in [1.54, 1.807) is 13.0 Å². The highest BCUT2D eigenvalue weighted by molar-refractivity contribution is 5.85. The molecule has 1 aromatic rings. The van der Waals surface area contributed by atoms with Gasteiger partial charge in [-0.15, -0.1) is 0 Å². The van der Waals surface area contributed by atoms with E-state index in [1.807, 2.05) is 6.92 Å². The Morgan fingerprint density at radius 1 is 1.56 bits per heavy atom. The Bertz CT molecular complexity index is 416. The molecule has 0 saturated carbocycles. The van der Waals surface area contributed by atoms with E-state index in [9.17, 15) is 4.79 Å². The number of methoxy groups -OCH3 is 1. The van der Waals surface area contributed by atoms with Gasteiger partial charge in [-0.3, -0.25) is 0 Å². The molecule has 0 spiro atoms. The molecule has 0 atom stereocenters. The van der Waals surface area contributed by atoms with Crippen LogP contribution in [0.3, 0.4) is 0 Å². The Kier molecular flexibility index (Phi) is 3.99.